The summed E-state index contributed by atoms with van der Waals surface area (Å²) in [5.74, 6) is 0. The lowest BCUT2D eigenvalue weighted by Gasteiger charge is -2.35. The fourth-order valence-electron chi connectivity index (χ4n) is 3.45. The summed E-state index contributed by atoms with van der Waals surface area (Å²) in [6.07, 6.45) is 0. The highest BCUT2D eigenvalue weighted by atomic mass is 35.5. The van der Waals surface area contributed by atoms with Gasteiger partial charge in [-0.25, -0.2) is 0 Å². The van der Waals surface area contributed by atoms with Crippen molar-refractivity contribution in [3.63, 3.8) is 0 Å². The van der Waals surface area contributed by atoms with E-state index in [1.165, 1.54) is 0 Å². The van der Waals surface area contributed by atoms with Gasteiger partial charge in [-0.2, -0.15) is 0 Å². The van der Waals surface area contributed by atoms with Gasteiger partial charge in [-0.15, -0.1) is 0 Å². The number of benzene rings is 2. The Bertz CT molecular complexity index is 891. The minimum Gasteiger partial charge on any atom is -0.314 e. The molecule has 0 saturated carbocycles. The van der Waals surface area contributed by atoms with Crippen LogP contribution in [0.25, 0.3) is 10.9 Å². The fraction of sp³-hybridized carbons (Fsp3) is 0.250. The van der Waals surface area contributed by atoms with Gasteiger partial charge >= 0.3 is 0 Å². The zero-order valence-electron chi connectivity index (χ0n) is 13.8. The van der Waals surface area contributed by atoms with E-state index >= 15 is 0 Å². The van der Waals surface area contributed by atoms with Crippen molar-refractivity contribution < 1.29 is 0 Å². The molecule has 128 valence electrons. The molecule has 1 unspecified atom stereocenters. The van der Waals surface area contributed by atoms with Gasteiger partial charge in [-0.3, -0.25) is 9.88 Å². The number of halogens is 2. The second kappa shape index (κ2) is 7.30. The molecule has 1 fully saturated rings. The van der Waals surface area contributed by atoms with Crippen LogP contribution in [0.4, 0.5) is 0 Å². The second-order valence-electron chi connectivity index (χ2n) is 6.26. The molecule has 4 rings (SSSR count). The van der Waals surface area contributed by atoms with E-state index in [1.54, 1.807) is 0 Å². The summed E-state index contributed by atoms with van der Waals surface area (Å²) >= 11 is 12.9. The normalized spacial score (nSPS) is 16.9. The van der Waals surface area contributed by atoms with Crippen LogP contribution in [0.3, 0.4) is 0 Å². The maximum atomic E-state index is 6.57. The quantitative estimate of drug-likeness (QED) is 0.732. The summed E-state index contributed by atoms with van der Waals surface area (Å²) < 4.78 is 0. The minimum atomic E-state index is -0.00194. The monoisotopic (exact) mass is 371 g/mol. The topological polar surface area (TPSA) is 28.2 Å². The number of piperazine rings is 1. The van der Waals surface area contributed by atoms with Crippen molar-refractivity contribution in [1.82, 2.24) is 15.2 Å². The van der Waals surface area contributed by atoms with Crippen LogP contribution in [0, 0.1) is 0 Å². The van der Waals surface area contributed by atoms with Gasteiger partial charge in [0.25, 0.3) is 0 Å². The van der Waals surface area contributed by atoms with Gasteiger partial charge in [0, 0.05) is 31.6 Å². The van der Waals surface area contributed by atoms with Crippen LogP contribution in [0.15, 0.2) is 54.6 Å². The number of hydrogen-bond acceptors (Lipinski definition) is 3. The Balaban J connectivity index is 1.85. The van der Waals surface area contributed by atoms with Crippen molar-refractivity contribution in [3.8, 4) is 0 Å². The first kappa shape index (κ1) is 16.8. The Labute approximate surface area is 157 Å². The Hall–Kier alpha value is -1.65. The molecule has 3 nitrogen and oxygen atoms in total. The molecule has 1 aromatic heterocycles. The summed E-state index contributed by atoms with van der Waals surface area (Å²) in [5.41, 5.74) is 3.02. The molecule has 2 aromatic carbocycles. The van der Waals surface area contributed by atoms with Crippen molar-refractivity contribution in [1.29, 1.82) is 0 Å². The van der Waals surface area contributed by atoms with Crippen molar-refractivity contribution in [2.24, 2.45) is 0 Å². The van der Waals surface area contributed by atoms with E-state index < -0.39 is 0 Å². The summed E-state index contributed by atoms with van der Waals surface area (Å²) in [7, 11) is 0. The van der Waals surface area contributed by atoms with Crippen LogP contribution in [-0.4, -0.2) is 36.1 Å². The van der Waals surface area contributed by atoms with E-state index in [9.17, 15) is 0 Å². The van der Waals surface area contributed by atoms with E-state index in [1.807, 2.05) is 30.3 Å². The lowest BCUT2D eigenvalue weighted by molar-refractivity contribution is 0.196. The third-order valence-corrected chi connectivity index (χ3v) is 5.53. The molecular formula is C20H19Cl2N3. The van der Waals surface area contributed by atoms with Gasteiger partial charge in [0.1, 0.15) is 0 Å². The lowest BCUT2D eigenvalue weighted by atomic mass is 9.99. The molecule has 0 aliphatic carbocycles. The fourth-order valence-corrected chi connectivity index (χ4v) is 3.86. The van der Waals surface area contributed by atoms with Crippen molar-refractivity contribution in [3.05, 3.63) is 75.9 Å². The number of rotatable bonds is 3. The molecule has 0 radical (unpaired) electrons. The Morgan fingerprint density at radius 2 is 1.72 bits per heavy atom. The molecule has 1 aliphatic heterocycles. The van der Waals surface area contributed by atoms with Crippen LogP contribution in [0.2, 0.25) is 10.0 Å². The third-order valence-electron chi connectivity index (χ3n) is 4.69. The Morgan fingerprint density at radius 3 is 2.56 bits per heavy atom. The van der Waals surface area contributed by atoms with Gasteiger partial charge in [0.05, 0.1) is 27.3 Å². The smallest absolute Gasteiger partial charge is 0.0792 e. The van der Waals surface area contributed by atoms with E-state index in [0.717, 1.165) is 48.3 Å². The van der Waals surface area contributed by atoms with Crippen LogP contribution < -0.4 is 5.32 Å². The average Bonchev–Trinajstić information content (AvgIpc) is 2.66. The molecule has 2 heterocycles. The number of nitrogens with one attached hydrogen (secondary N) is 1. The summed E-state index contributed by atoms with van der Waals surface area (Å²) in [5, 5.41) is 5.75. The van der Waals surface area contributed by atoms with Crippen molar-refractivity contribution >= 4 is 34.1 Å². The predicted molar refractivity (Wildman–Crippen MR) is 104 cm³/mol. The molecule has 0 amide bonds. The van der Waals surface area contributed by atoms with Gasteiger partial charge < -0.3 is 5.32 Å². The third kappa shape index (κ3) is 3.38. The SMILES string of the molecule is Clc1cccc(C(c2ccc3ccccc3n2)N2CCNCC2)c1Cl. The highest BCUT2D eigenvalue weighted by Gasteiger charge is 2.27. The molecule has 1 N–H and O–H groups in total. The molecule has 3 aromatic rings. The molecule has 25 heavy (non-hydrogen) atoms. The lowest BCUT2D eigenvalue weighted by Crippen LogP contribution is -2.45. The molecule has 1 atom stereocenters. The van der Waals surface area contributed by atoms with Gasteiger partial charge in [0.2, 0.25) is 0 Å². The maximum Gasteiger partial charge on any atom is 0.0792 e. The molecular weight excluding hydrogens is 353 g/mol. The number of aromatic nitrogens is 1. The molecule has 0 spiro atoms. The van der Waals surface area contributed by atoms with Crippen molar-refractivity contribution in [2.75, 3.05) is 26.2 Å². The van der Waals surface area contributed by atoms with E-state index in [0.29, 0.717) is 10.0 Å². The zero-order valence-corrected chi connectivity index (χ0v) is 15.3. The second-order valence-corrected chi connectivity index (χ2v) is 7.05. The van der Waals surface area contributed by atoms with Gasteiger partial charge in [-0.1, -0.05) is 59.6 Å². The highest BCUT2D eigenvalue weighted by molar-refractivity contribution is 6.42. The summed E-state index contributed by atoms with van der Waals surface area (Å²) in [4.78, 5) is 7.36. The van der Waals surface area contributed by atoms with Crippen LogP contribution >= 0.6 is 23.2 Å². The van der Waals surface area contributed by atoms with E-state index in [-0.39, 0.29) is 6.04 Å². The maximum absolute atomic E-state index is 6.57. The van der Waals surface area contributed by atoms with Gasteiger partial charge in [-0.05, 0) is 23.8 Å². The van der Waals surface area contributed by atoms with Crippen molar-refractivity contribution in [2.45, 2.75) is 6.04 Å². The molecule has 1 aliphatic rings. The zero-order chi connectivity index (χ0) is 17.2. The first-order chi connectivity index (χ1) is 12.2. The molecule has 0 bridgehead atoms. The first-order valence-corrected chi connectivity index (χ1v) is 9.24. The number of nitrogens with zero attached hydrogens (tertiary/aromatic N) is 2. The number of pyridine rings is 1. The highest BCUT2D eigenvalue weighted by Crippen LogP contribution is 2.36. The number of para-hydroxylation sites is 1. The van der Waals surface area contributed by atoms with Crippen LogP contribution in [0.1, 0.15) is 17.3 Å². The van der Waals surface area contributed by atoms with E-state index in [2.05, 4.69) is 34.5 Å². The van der Waals surface area contributed by atoms with E-state index in [4.69, 9.17) is 28.2 Å². The Morgan fingerprint density at radius 1 is 0.920 bits per heavy atom. The largest absolute Gasteiger partial charge is 0.314 e. The minimum absolute atomic E-state index is 0.00194. The summed E-state index contributed by atoms with van der Waals surface area (Å²) in [6.45, 7) is 3.81. The molecule has 1 saturated heterocycles. The van der Waals surface area contributed by atoms with Crippen LogP contribution in [-0.2, 0) is 0 Å². The van der Waals surface area contributed by atoms with Gasteiger partial charge in [0.15, 0.2) is 0 Å². The number of hydrogen-bond donors (Lipinski definition) is 1. The standard InChI is InChI=1S/C20H19Cl2N3/c21-16-6-3-5-15(19(16)22)20(25-12-10-23-11-13-25)18-9-8-14-4-1-2-7-17(14)24-18/h1-9,20,23H,10-13H2. The molecule has 5 heteroatoms. The first-order valence-electron chi connectivity index (χ1n) is 8.48. The number of fused-ring (bicyclic) bond motifs is 1. The summed E-state index contributed by atoms with van der Waals surface area (Å²) in [6, 6.07) is 18.3. The predicted octanol–water partition coefficient (Wildman–Crippen LogP) is 4.54. The Kier molecular flexibility index (Phi) is 4.91. The van der Waals surface area contributed by atoms with Crippen LogP contribution in [0.5, 0.6) is 0 Å². The average molecular weight is 372 g/mol.